The van der Waals surface area contributed by atoms with Crippen molar-refractivity contribution >= 4 is 5.96 Å². The van der Waals surface area contributed by atoms with E-state index in [0.29, 0.717) is 12.4 Å². The monoisotopic (exact) mass is 333 g/mol. The molecule has 2 rings (SSSR count). The lowest BCUT2D eigenvalue weighted by molar-refractivity contribution is 0.0982. The van der Waals surface area contributed by atoms with Crippen molar-refractivity contribution in [2.45, 2.75) is 45.2 Å². The number of methoxy groups -OCH3 is 1. The van der Waals surface area contributed by atoms with Crippen LogP contribution in [-0.2, 0) is 6.54 Å². The van der Waals surface area contributed by atoms with Crippen molar-refractivity contribution in [1.29, 1.82) is 0 Å². The Morgan fingerprint density at radius 2 is 2.00 bits per heavy atom. The lowest BCUT2D eigenvalue weighted by atomic mass is 9.98. The zero-order chi connectivity index (χ0) is 17.4. The van der Waals surface area contributed by atoms with Gasteiger partial charge in [0.05, 0.1) is 7.11 Å². The molecule has 0 aliphatic carbocycles. The average molecular weight is 333 g/mol. The number of pyridine rings is 1. The molecule has 1 aliphatic heterocycles. The second-order valence-electron chi connectivity index (χ2n) is 6.85. The van der Waals surface area contributed by atoms with Gasteiger partial charge in [0, 0.05) is 37.9 Å². The van der Waals surface area contributed by atoms with Gasteiger partial charge in [0.25, 0.3) is 0 Å². The molecule has 0 amide bonds. The Kier molecular flexibility index (Phi) is 6.85. The van der Waals surface area contributed by atoms with Gasteiger partial charge in [-0.1, -0.05) is 12.5 Å². The molecule has 0 atom stereocenters. The van der Waals surface area contributed by atoms with Crippen LogP contribution in [0.4, 0.5) is 0 Å². The topological polar surface area (TPSA) is 61.8 Å². The van der Waals surface area contributed by atoms with Crippen LogP contribution >= 0.6 is 0 Å². The third-order valence-electron chi connectivity index (χ3n) is 4.59. The highest BCUT2D eigenvalue weighted by Gasteiger charge is 2.27. The molecule has 1 aliphatic rings. The molecular formula is C18H31N5O. The van der Waals surface area contributed by atoms with Gasteiger partial charge in [-0.05, 0) is 45.3 Å². The minimum atomic E-state index is 0.125. The molecule has 134 valence electrons. The van der Waals surface area contributed by atoms with Crippen molar-refractivity contribution in [2.24, 2.45) is 4.99 Å². The number of rotatable bonds is 6. The molecule has 1 aromatic heterocycles. The molecule has 24 heavy (non-hydrogen) atoms. The minimum Gasteiger partial charge on any atom is -0.481 e. The van der Waals surface area contributed by atoms with Gasteiger partial charge >= 0.3 is 0 Å². The summed E-state index contributed by atoms with van der Waals surface area (Å²) in [6.45, 7) is 8.53. The highest BCUT2D eigenvalue weighted by Crippen LogP contribution is 2.19. The van der Waals surface area contributed by atoms with Gasteiger partial charge in [0.2, 0.25) is 5.88 Å². The number of hydrogen-bond acceptors (Lipinski definition) is 4. The second kappa shape index (κ2) is 8.87. The number of guanidine groups is 1. The minimum absolute atomic E-state index is 0.125. The van der Waals surface area contributed by atoms with Gasteiger partial charge in [0.15, 0.2) is 5.96 Å². The van der Waals surface area contributed by atoms with Gasteiger partial charge in [-0.3, -0.25) is 9.89 Å². The molecule has 1 fully saturated rings. The van der Waals surface area contributed by atoms with Gasteiger partial charge in [0.1, 0.15) is 0 Å². The van der Waals surface area contributed by atoms with Gasteiger partial charge in [-0.25, -0.2) is 4.98 Å². The van der Waals surface area contributed by atoms with Crippen LogP contribution in [0.5, 0.6) is 5.88 Å². The Balaban J connectivity index is 1.80. The smallest absolute Gasteiger partial charge is 0.212 e. The number of likely N-dealkylation sites (tertiary alicyclic amines) is 1. The molecule has 1 saturated heterocycles. The van der Waals surface area contributed by atoms with Crippen molar-refractivity contribution in [3.8, 4) is 5.88 Å². The SMILES string of the molecule is CN=C(NCc1ccc(OC)nc1)NCC(C)(C)N1CCCCC1. The molecule has 0 unspecified atom stereocenters. The number of aliphatic imine (C=N–C) groups is 1. The fourth-order valence-electron chi connectivity index (χ4n) is 2.95. The number of ether oxygens (including phenoxy) is 1. The summed E-state index contributed by atoms with van der Waals surface area (Å²) in [5.41, 5.74) is 1.22. The van der Waals surface area contributed by atoms with E-state index in [1.807, 2.05) is 18.3 Å². The molecule has 0 aromatic carbocycles. The summed E-state index contributed by atoms with van der Waals surface area (Å²) in [7, 11) is 3.42. The summed E-state index contributed by atoms with van der Waals surface area (Å²) >= 11 is 0. The number of hydrogen-bond donors (Lipinski definition) is 2. The summed E-state index contributed by atoms with van der Waals surface area (Å²) in [5.74, 6) is 1.44. The molecule has 2 N–H and O–H groups in total. The lowest BCUT2D eigenvalue weighted by Crippen LogP contribution is -2.54. The Hall–Kier alpha value is -1.82. The van der Waals surface area contributed by atoms with E-state index in [1.165, 1.54) is 32.4 Å². The molecule has 0 bridgehead atoms. The number of aromatic nitrogens is 1. The van der Waals surface area contributed by atoms with E-state index >= 15 is 0 Å². The standard InChI is InChI=1S/C18H31N5O/c1-18(2,23-10-6-5-7-11-23)14-22-17(19-3)21-13-15-8-9-16(24-4)20-12-15/h8-9,12H,5-7,10-11,13-14H2,1-4H3,(H2,19,21,22). The Labute approximate surface area is 145 Å². The number of piperidine rings is 1. The van der Waals surface area contributed by atoms with Crippen molar-refractivity contribution in [3.63, 3.8) is 0 Å². The molecule has 0 radical (unpaired) electrons. The van der Waals surface area contributed by atoms with Crippen LogP contribution in [0.1, 0.15) is 38.7 Å². The van der Waals surface area contributed by atoms with E-state index in [9.17, 15) is 0 Å². The van der Waals surface area contributed by atoms with Crippen LogP contribution in [0.25, 0.3) is 0 Å². The fraction of sp³-hybridized carbons (Fsp3) is 0.667. The third-order valence-corrected chi connectivity index (χ3v) is 4.59. The lowest BCUT2D eigenvalue weighted by Gasteiger charge is -2.41. The molecule has 1 aromatic rings. The molecule has 6 nitrogen and oxygen atoms in total. The first-order valence-corrected chi connectivity index (χ1v) is 8.73. The zero-order valence-corrected chi connectivity index (χ0v) is 15.4. The van der Waals surface area contributed by atoms with Crippen LogP contribution in [0.3, 0.4) is 0 Å². The van der Waals surface area contributed by atoms with Crippen LogP contribution < -0.4 is 15.4 Å². The summed E-state index contributed by atoms with van der Waals surface area (Å²) in [6, 6.07) is 3.87. The first-order chi connectivity index (χ1) is 11.5. The Morgan fingerprint density at radius 1 is 1.25 bits per heavy atom. The van der Waals surface area contributed by atoms with E-state index in [-0.39, 0.29) is 5.54 Å². The van der Waals surface area contributed by atoms with E-state index in [4.69, 9.17) is 4.74 Å². The molecular weight excluding hydrogens is 302 g/mol. The molecule has 0 spiro atoms. The van der Waals surface area contributed by atoms with Gasteiger partial charge in [-0.15, -0.1) is 0 Å². The van der Waals surface area contributed by atoms with E-state index in [0.717, 1.165) is 18.1 Å². The first kappa shape index (κ1) is 18.5. The fourth-order valence-corrected chi connectivity index (χ4v) is 2.95. The van der Waals surface area contributed by atoms with E-state index in [1.54, 1.807) is 14.2 Å². The summed E-state index contributed by atoms with van der Waals surface area (Å²) in [6.07, 6.45) is 5.79. The molecule has 6 heteroatoms. The summed E-state index contributed by atoms with van der Waals surface area (Å²) in [4.78, 5) is 11.1. The van der Waals surface area contributed by atoms with Crippen LogP contribution in [0.2, 0.25) is 0 Å². The summed E-state index contributed by atoms with van der Waals surface area (Å²) in [5, 5.41) is 6.79. The molecule has 2 heterocycles. The predicted octanol–water partition coefficient (Wildman–Crippen LogP) is 2.02. The summed E-state index contributed by atoms with van der Waals surface area (Å²) < 4.78 is 5.08. The van der Waals surface area contributed by atoms with Gasteiger partial charge in [-0.2, -0.15) is 0 Å². The van der Waals surface area contributed by atoms with Crippen molar-refractivity contribution in [1.82, 2.24) is 20.5 Å². The van der Waals surface area contributed by atoms with Crippen molar-refractivity contribution in [2.75, 3.05) is 33.8 Å². The maximum Gasteiger partial charge on any atom is 0.212 e. The highest BCUT2D eigenvalue weighted by molar-refractivity contribution is 5.79. The largest absolute Gasteiger partial charge is 0.481 e. The van der Waals surface area contributed by atoms with Crippen LogP contribution in [0, 0.1) is 0 Å². The van der Waals surface area contributed by atoms with Crippen LogP contribution in [0.15, 0.2) is 23.3 Å². The van der Waals surface area contributed by atoms with E-state index < -0.39 is 0 Å². The van der Waals surface area contributed by atoms with Crippen LogP contribution in [-0.4, -0.2) is 55.2 Å². The maximum atomic E-state index is 5.08. The molecule has 0 saturated carbocycles. The normalized spacial score (nSPS) is 16.8. The van der Waals surface area contributed by atoms with E-state index in [2.05, 4.69) is 39.4 Å². The zero-order valence-electron chi connectivity index (χ0n) is 15.4. The van der Waals surface area contributed by atoms with Crippen molar-refractivity contribution < 1.29 is 4.74 Å². The van der Waals surface area contributed by atoms with Crippen molar-refractivity contribution in [3.05, 3.63) is 23.9 Å². The van der Waals surface area contributed by atoms with Gasteiger partial charge < -0.3 is 15.4 Å². The highest BCUT2D eigenvalue weighted by atomic mass is 16.5. The second-order valence-corrected chi connectivity index (χ2v) is 6.85. The Bertz CT molecular complexity index is 521. The predicted molar refractivity (Wildman–Crippen MR) is 98.5 cm³/mol. The average Bonchev–Trinajstić information content (AvgIpc) is 2.63. The first-order valence-electron chi connectivity index (χ1n) is 8.73. The maximum absolute atomic E-state index is 5.08. The quantitative estimate of drug-likeness (QED) is 0.616. The Morgan fingerprint density at radius 3 is 2.58 bits per heavy atom. The number of nitrogens with one attached hydrogen (secondary N) is 2. The third kappa shape index (κ3) is 5.37. The number of nitrogens with zero attached hydrogens (tertiary/aromatic N) is 3.